The van der Waals surface area contributed by atoms with Gasteiger partial charge in [0.2, 0.25) is 0 Å². The van der Waals surface area contributed by atoms with Crippen LogP contribution < -0.4 is 0 Å². The Morgan fingerprint density at radius 3 is 2.71 bits per heavy atom. The number of benzene rings is 1. The van der Waals surface area contributed by atoms with Gasteiger partial charge >= 0.3 is 0 Å². The van der Waals surface area contributed by atoms with Gasteiger partial charge < -0.3 is 10.1 Å². The van der Waals surface area contributed by atoms with Crippen molar-refractivity contribution in [3.63, 3.8) is 0 Å². The van der Waals surface area contributed by atoms with E-state index in [0.29, 0.717) is 0 Å². The fraction of sp³-hybridized carbons (Fsp3) is 0.214. The van der Waals surface area contributed by atoms with Gasteiger partial charge in [0.15, 0.2) is 0 Å². The summed E-state index contributed by atoms with van der Waals surface area (Å²) in [7, 11) is 0. The first kappa shape index (κ1) is 11.6. The second kappa shape index (κ2) is 5.46. The van der Waals surface area contributed by atoms with E-state index in [4.69, 9.17) is 5.11 Å². The molecule has 1 aromatic carbocycles. The molecule has 1 heterocycles. The highest BCUT2D eigenvalue weighted by Crippen LogP contribution is 2.15. The molecule has 0 atom stereocenters. The summed E-state index contributed by atoms with van der Waals surface area (Å²) in [5.41, 5.74) is 3.46. The Balaban J connectivity index is 2.10. The van der Waals surface area contributed by atoms with Crippen molar-refractivity contribution >= 4 is 5.57 Å². The van der Waals surface area contributed by atoms with Crippen LogP contribution in [0.2, 0.25) is 0 Å². The summed E-state index contributed by atoms with van der Waals surface area (Å²) in [5.74, 6) is 0.973. The van der Waals surface area contributed by atoms with Gasteiger partial charge in [-0.1, -0.05) is 30.3 Å². The van der Waals surface area contributed by atoms with Gasteiger partial charge in [-0.15, -0.1) is 0 Å². The number of rotatable bonds is 4. The predicted octanol–water partition coefficient (Wildman–Crippen LogP) is 2.40. The number of H-pyrrole nitrogens is 1. The number of hydrogen-bond donors (Lipinski definition) is 2. The average molecular weight is 228 g/mol. The second-order valence-corrected chi connectivity index (χ2v) is 3.98. The minimum Gasteiger partial charge on any atom is -0.392 e. The van der Waals surface area contributed by atoms with E-state index in [-0.39, 0.29) is 6.61 Å². The summed E-state index contributed by atoms with van der Waals surface area (Å²) in [4.78, 5) is 7.29. The largest absolute Gasteiger partial charge is 0.392 e. The van der Waals surface area contributed by atoms with Crippen LogP contribution >= 0.6 is 0 Å². The number of aromatic amines is 1. The maximum Gasteiger partial charge on any atom is 0.110 e. The number of aliphatic hydroxyl groups excluding tert-OH is 1. The van der Waals surface area contributed by atoms with E-state index in [1.807, 2.05) is 19.2 Å². The lowest BCUT2D eigenvalue weighted by Gasteiger charge is -2.03. The van der Waals surface area contributed by atoms with Crippen molar-refractivity contribution in [3.8, 4) is 0 Å². The number of aliphatic hydroxyl groups is 1. The Bertz CT molecular complexity index is 483. The SMILES string of the molecule is CC(=CCO)c1ccc(Cc2ncc[nH]2)cc1. The zero-order valence-electron chi connectivity index (χ0n) is 9.85. The molecular formula is C14H16N2O. The van der Waals surface area contributed by atoms with Gasteiger partial charge in [0.05, 0.1) is 6.61 Å². The van der Waals surface area contributed by atoms with Crippen LogP contribution in [0.4, 0.5) is 0 Å². The van der Waals surface area contributed by atoms with Crippen molar-refractivity contribution in [2.75, 3.05) is 6.61 Å². The lowest BCUT2D eigenvalue weighted by molar-refractivity contribution is 0.343. The first-order valence-electron chi connectivity index (χ1n) is 5.65. The van der Waals surface area contributed by atoms with Crippen LogP contribution in [0.5, 0.6) is 0 Å². The van der Waals surface area contributed by atoms with Gasteiger partial charge in [0.1, 0.15) is 5.82 Å². The van der Waals surface area contributed by atoms with Crippen molar-refractivity contribution in [2.24, 2.45) is 0 Å². The molecule has 0 aliphatic rings. The zero-order valence-corrected chi connectivity index (χ0v) is 9.85. The van der Waals surface area contributed by atoms with E-state index >= 15 is 0 Å². The van der Waals surface area contributed by atoms with Crippen LogP contribution in [0.3, 0.4) is 0 Å². The van der Waals surface area contributed by atoms with Gasteiger partial charge in [0.25, 0.3) is 0 Å². The molecule has 0 unspecified atom stereocenters. The zero-order chi connectivity index (χ0) is 12.1. The highest BCUT2D eigenvalue weighted by molar-refractivity contribution is 5.63. The smallest absolute Gasteiger partial charge is 0.110 e. The van der Waals surface area contributed by atoms with Gasteiger partial charge in [0, 0.05) is 18.8 Å². The minimum atomic E-state index is 0.0833. The number of aromatic nitrogens is 2. The standard InChI is InChI=1S/C14H16N2O/c1-11(6-9-17)13-4-2-12(3-5-13)10-14-15-7-8-16-14/h2-8,17H,9-10H2,1H3,(H,15,16). The molecule has 2 N–H and O–H groups in total. The van der Waals surface area contributed by atoms with Crippen molar-refractivity contribution in [2.45, 2.75) is 13.3 Å². The monoisotopic (exact) mass is 228 g/mol. The highest BCUT2D eigenvalue weighted by Gasteiger charge is 1.99. The predicted molar refractivity (Wildman–Crippen MR) is 68.6 cm³/mol. The van der Waals surface area contributed by atoms with Gasteiger partial charge in [-0.3, -0.25) is 0 Å². The number of imidazole rings is 1. The summed E-state index contributed by atoms with van der Waals surface area (Å²) in [6.07, 6.45) is 6.22. The average Bonchev–Trinajstić information content (AvgIpc) is 2.83. The molecule has 0 radical (unpaired) electrons. The Hall–Kier alpha value is -1.87. The Labute approximate surface area is 101 Å². The van der Waals surface area contributed by atoms with E-state index in [0.717, 1.165) is 23.4 Å². The number of nitrogens with one attached hydrogen (secondary N) is 1. The maximum absolute atomic E-state index is 8.83. The summed E-state index contributed by atoms with van der Waals surface area (Å²) in [6.45, 7) is 2.08. The summed E-state index contributed by atoms with van der Waals surface area (Å²) >= 11 is 0. The molecule has 0 aliphatic carbocycles. The molecule has 3 heteroatoms. The molecule has 0 spiro atoms. The third-order valence-electron chi connectivity index (χ3n) is 2.73. The van der Waals surface area contributed by atoms with Gasteiger partial charge in [-0.05, 0) is 23.6 Å². The minimum absolute atomic E-state index is 0.0833. The molecule has 17 heavy (non-hydrogen) atoms. The number of allylic oxidation sites excluding steroid dienone is 1. The molecule has 1 aromatic heterocycles. The molecule has 0 aliphatic heterocycles. The lowest BCUT2D eigenvalue weighted by atomic mass is 10.0. The highest BCUT2D eigenvalue weighted by atomic mass is 16.2. The molecule has 0 fully saturated rings. The van der Waals surface area contributed by atoms with Gasteiger partial charge in [-0.2, -0.15) is 0 Å². The number of hydrogen-bond acceptors (Lipinski definition) is 2. The fourth-order valence-electron chi connectivity index (χ4n) is 1.73. The molecule has 3 nitrogen and oxygen atoms in total. The van der Waals surface area contributed by atoms with Crippen LogP contribution in [-0.2, 0) is 6.42 Å². The molecule has 2 rings (SSSR count). The van der Waals surface area contributed by atoms with Crippen LogP contribution in [0, 0.1) is 0 Å². The third-order valence-corrected chi connectivity index (χ3v) is 2.73. The Kier molecular flexibility index (Phi) is 3.73. The Morgan fingerprint density at radius 2 is 2.12 bits per heavy atom. The molecule has 88 valence electrons. The Morgan fingerprint density at radius 1 is 1.35 bits per heavy atom. The quantitative estimate of drug-likeness (QED) is 0.844. The van der Waals surface area contributed by atoms with Crippen molar-refractivity contribution in [1.29, 1.82) is 0 Å². The topological polar surface area (TPSA) is 48.9 Å². The van der Waals surface area contributed by atoms with Crippen molar-refractivity contribution < 1.29 is 5.11 Å². The van der Waals surface area contributed by atoms with Crippen molar-refractivity contribution in [3.05, 3.63) is 59.7 Å². The van der Waals surface area contributed by atoms with Crippen molar-refractivity contribution in [1.82, 2.24) is 9.97 Å². The normalized spacial score (nSPS) is 11.8. The van der Waals surface area contributed by atoms with Crippen LogP contribution in [0.1, 0.15) is 23.9 Å². The summed E-state index contributed by atoms with van der Waals surface area (Å²) in [6, 6.07) is 8.32. The summed E-state index contributed by atoms with van der Waals surface area (Å²) < 4.78 is 0. The molecule has 0 saturated carbocycles. The van der Waals surface area contributed by atoms with Crippen LogP contribution in [0.15, 0.2) is 42.7 Å². The molecular weight excluding hydrogens is 212 g/mol. The summed E-state index contributed by atoms with van der Waals surface area (Å²) in [5, 5.41) is 8.83. The maximum atomic E-state index is 8.83. The second-order valence-electron chi connectivity index (χ2n) is 3.98. The van der Waals surface area contributed by atoms with E-state index in [9.17, 15) is 0 Å². The van der Waals surface area contributed by atoms with E-state index < -0.39 is 0 Å². The lowest BCUT2D eigenvalue weighted by Crippen LogP contribution is -1.91. The van der Waals surface area contributed by atoms with E-state index in [1.165, 1.54) is 5.56 Å². The van der Waals surface area contributed by atoms with E-state index in [1.54, 1.807) is 6.20 Å². The first-order valence-corrected chi connectivity index (χ1v) is 5.65. The third kappa shape index (κ3) is 3.04. The molecule has 2 aromatic rings. The fourth-order valence-corrected chi connectivity index (χ4v) is 1.73. The first-order chi connectivity index (χ1) is 8.29. The molecule has 0 bridgehead atoms. The van der Waals surface area contributed by atoms with Crippen LogP contribution in [0.25, 0.3) is 5.57 Å². The van der Waals surface area contributed by atoms with Crippen LogP contribution in [-0.4, -0.2) is 21.7 Å². The number of nitrogens with zero attached hydrogens (tertiary/aromatic N) is 1. The van der Waals surface area contributed by atoms with Gasteiger partial charge in [-0.25, -0.2) is 4.98 Å². The van der Waals surface area contributed by atoms with E-state index in [2.05, 4.69) is 34.2 Å². The molecule has 0 amide bonds. The molecule has 0 saturated heterocycles.